The van der Waals surface area contributed by atoms with Crippen LogP contribution in [0.2, 0.25) is 0 Å². The second kappa shape index (κ2) is 15.3. The molecule has 0 saturated carbocycles. The predicted octanol–water partition coefficient (Wildman–Crippen LogP) is 6.89. The van der Waals surface area contributed by atoms with Crippen molar-refractivity contribution in [1.82, 2.24) is 9.80 Å². The number of fused-ring (bicyclic) bond motifs is 1. The summed E-state index contributed by atoms with van der Waals surface area (Å²) in [5.41, 5.74) is 3.97. The molecular weight excluding hydrogens is 604 g/mol. The van der Waals surface area contributed by atoms with Crippen molar-refractivity contribution < 1.29 is 23.5 Å². The average Bonchev–Trinajstić information content (AvgIpc) is 3.49. The van der Waals surface area contributed by atoms with E-state index >= 15 is 0 Å². The number of anilines is 2. The first-order chi connectivity index (χ1) is 23.4. The van der Waals surface area contributed by atoms with Gasteiger partial charge in [-0.15, -0.1) is 0 Å². The molecule has 0 unspecified atom stereocenters. The molecule has 1 saturated heterocycles. The number of furan rings is 1. The summed E-state index contributed by atoms with van der Waals surface area (Å²) >= 11 is 0. The molecule has 4 aromatic rings. The molecule has 9 heteroatoms. The first-order valence-electron chi connectivity index (χ1n) is 16.9. The van der Waals surface area contributed by atoms with Gasteiger partial charge in [0.2, 0.25) is 5.91 Å². The minimum Gasteiger partial charge on any atom is -0.491 e. The van der Waals surface area contributed by atoms with Crippen molar-refractivity contribution in [2.24, 2.45) is 0 Å². The Kier molecular flexibility index (Phi) is 10.6. The summed E-state index contributed by atoms with van der Waals surface area (Å²) in [7, 11) is 4.17. The molecule has 6 rings (SSSR count). The Morgan fingerprint density at radius 2 is 1.69 bits per heavy atom. The van der Waals surface area contributed by atoms with Crippen molar-refractivity contribution in [3.63, 3.8) is 0 Å². The second-order valence-corrected chi connectivity index (χ2v) is 12.7. The molecule has 1 fully saturated rings. The minimum atomic E-state index is -0.287. The Morgan fingerprint density at radius 3 is 2.48 bits per heavy atom. The zero-order valence-corrected chi connectivity index (χ0v) is 27.8. The van der Waals surface area contributed by atoms with Gasteiger partial charge in [0.1, 0.15) is 11.5 Å². The third kappa shape index (κ3) is 7.63. The summed E-state index contributed by atoms with van der Waals surface area (Å²) < 4.78 is 11.9. The highest BCUT2D eigenvalue weighted by Crippen LogP contribution is 2.33. The number of benzene rings is 3. The summed E-state index contributed by atoms with van der Waals surface area (Å²) in [5, 5.41) is 3.04. The molecule has 1 N–H and O–H groups in total. The number of hydrogen-bond acceptors (Lipinski definition) is 6. The number of piperidine rings is 1. The van der Waals surface area contributed by atoms with E-state index in [1.54, 1.807) is 35.4 Å². The summed E-state index contributed by atoms with van der Waals surface area (Å²) in [6.07, 6.45) is 7.07. The molecule has 3 amide bonds. The summed E-state index contributed by atoms with van der Waals surface area (Å²) in [4.78, 5) is 46.5. The maximum atomic E-state index is 13.9. The first-order valence-corrected chi connectivity index (χ1v) is 16.9. The van der Waals surface area contributed by atoms with Crippen LogP contribution in [0.15, 0.2) is 89.5 Å². The Labute approximate surface area is 282 Å². The highest BCUT2D eigenvalue weighted by Gasteiger charge is 2.26. The molecule has 2 aliphatic rings. The Hall–Kier alpha value is -4.89. The van der Waals surface area contributed by atoms with Gasteiger partial charge in [-0.3, -0.25) is 14.4 Å². The monoisotopic (exact) mass is 648 g/mol. The van der Waals surface area contributed by atoms with Crippen LogP contribution in [0, 0.1) is 0 Å². The lowest BCUT2D eigenvalue weighted by molar-refractivity contribution is -0.132. The van der Waals surface area contributed by atoms with E-state index in [1.165, 1.54) is 0 Å². The third-order valence-corrected chi connectivity index (χ3v) is 9.37. The molecule has 0 bridgehead atoms. The van der Waals surface area contributed by atoms with Crippen LogP contribution in [-0.4, -0.2) is 73.9 Å². The molecule has 9 nitrogen and oxygen atoms in total. The van der Waals surface area contributed by atoms with Crippen LogP contribution in [-0.2, 0) is 11.2 Å². The number of nitrogens with one attached hydrogen (secondary N) is 1. The smallest absolute Gasteiger partial charge is 0.258 e. The van der Waals surface area contributed by atoms with Crippen molar-refractivity contribution >= 4 is 29.1 Å². The number of rotatable bonds is 10. The number of nitrogens with zero attached hydrogens (tertiary/aromatic N) is 3. The van der Waals surface area contributed by atoms with E-state index < -0.39 is 0 Å². The maximum absolute atomic E-state index is 13.9. The molecule has 0 radical (unpaired) electrons. The number of aryl methyl sites for hydroxylation is 1. The fraction of sp³-hybridized carbons (Fsp3) is 0.359. The molecule has 0 spiro atoms. The molecule has 250 valence electrons. The SMILES string of the molecule is CN(C)C1CCN(C(=O)CCCOc2cc(C(=O)N3CCCCc4occc43)ccc2NC(=O)c2ccccc2-c2ccccc2)CC1. The van der Waals surface area contributed by atoms with Crippen LogP contribution >= 0.6 is 0 Å². The van der Waals surface area contributed by atoms with Crippen molar-refractivity contribution in [2.75, 3.05) is 50.6 Å². The largest absolute Gasteiger partial charge is 0.491 e. The van der Waals surface area contributed by atoms with E-state index in [4.69, 9.17) is 9.15 Å². The topological polar surface area (TPSA) is 95.3 Å². The number of likely N-dealkylation sites (tertiary alicyclic amines) is 1. The summed E-state index contributed by atoms with van der Waals surface area (Å²) in [6.45, 7) is 2.38. The van der Waals surface area contributed by atoms with Gasteiger partial charge in [0, 0.05) is 55.7 Å². The van der Waals surface area contributed by atoms with E-state index in [0.29, 0.717) is 48.0 Å². The molecule has 1 aromatic heterocycles. The number of ether oxygens (including phenoxy) is 1. The highest BCUT2D eigenvalue weighted by atomic mass is 16.5. The van der Waals surface area contributed by atoms with Crippen LogP contribution in [0.3, 0.4) is 0 Å². The van der Waals surface area contributed by atoms with E-state index in [2.05, 4.69) is 24.3 Å². The fourth-order valence-electron chi connectivity index (χ4n) is 6.62. The second-order valence-electron chi connectivity index (χ2n) is 12.7. The highest BCUT2D eigenvalue weighted by molar-refractivity contribution is 6.10. The number of amides is 3. The van der Waals surface area contributed by atoms with Crippen molar-refractivity contribution in [3.8, 4) is 16.9 Å². The van der Waals surface area contributed by atoms with Gasteiger partial charge in [0.05, 0.1) is 24.2 Å². The number of hydrogen-bond donors (Lipinski definition) is 1. The lowest BCUT2D eigenvalue weighted by Gasteiger charge is -2.35. The van der Waals surface area contributed by atoms with E-state index in [0.717, 1.165) is 67.8 Å². The zero-order chi connectivity index (χ0) is 33.5. The van der Waals surface area contributed by atoms with Crippen LogP contribution in [0.4, 0.5) is 11.4 Å². The average molecular weight is 649 g/mol. The standard InChI is InChI=1S/C39H44N4O5/c1-41(2)30-19-23-42(24-20-30)37(44)16-10-25-47-36-27-29(39(46)43-22-9-8-15-35-34(43)21-26-48-35)17-18-33(36)40-38(45)32-14-7-6-13-31(32)28-11-4-3-5-12-28/h3-7,11-14,17-18,21,26-27,30H,8-10,15-16,19-20,22-25H2,1-2H3,(H,40,45). The van der Waals surface area contributed by atoms with Crippen LogP contribution in [0.5, 0.6) is 5.75 Å². The van der Waals surface area contributed by atoms with Gasteiger partial charge in [-0.25, -0.2) is 0 Å². The lowest BCUT2D eigenvalue weighted by atomic mass is 9.99. The van der Waals surface area contributed by atoms with Gasteiger partial charge in [-0.2, -0.15) is 0 Å². The van der Waals surface area contributed by atoms with Crippen LogP contribution < -0.4 is 15.0 Å². The third-order valence-electron chi connectivity index (χ3n) is 9.37. The van der Waals surface area contributed by atoms with Crippen molar-refractivity contribution in [3.05, 3.63) is 102 Å². The van der Waals surface area contributed by atoms with Gasteiger partial charge in [0.25, 0.3) is 11.8 Å². The molecule has 48 heavy (non-hydrogen) atoms. The quantitative estimate of drug-likeness (QED) is 0.188. The molecule has 3 aromatic carbocycles. The normalized spacial score (nSPS) is 15.1. The molecule has 2 aliphatic heterocycles. The van der Waals surface area contributed by atoms with Gasteiger partial charge in [0.15, 0.2) is 0 Å². The molecule has 0 aliphatic carbocycles. The van der Waals surface area contributed by atoms with E-state index in [-0.39, 0.29) is 24.3 Å². The zero-order valence-electron chi connectivity index (χ0n) is 27.8. The van der Waals surface area contributed by atoms with E-state index in [9.17, 15) is 14.4 Å². The molecule has 3 heterocycles. The predicted molar refractivity (Wildman–Crippen MR) is 188 cm³/mol. The van der Waals surface area contributed by atoms with Gasteiger partial charge < -0.3 is 29.2 Å². The van der Waals surface area contributed by atoms with Crippen molar-refractivity contribution in [1.29, 1.82) is 0 Å². The van der Waals surface area contributed by atoms with Crippen LogP contribution in [0.25, 0.3) is 11.1 Å². The molecular formula is C39H44N4O5. The fourth-order valence-corrected chi connectivity index (χ4v) is 6.62. The minimum absolute atomic E-state index is 0.128. The number of carbonyl (C=O) groups is 3. The Bertz CT molecular complexity index is 1730. The maximum Gasteiger partial charge on any atom is 0.258 e. The van der Waals surface area contributed by atoms with Crippen LogP contribution in [0.1, 0.15) is 65.0 Å². The molecule has 0 atom stereocenters. The van der Waals surface area contributed by atoms with Gasteiger partial charge in [-0.1, -0.05) is 48.5 Å². The lowest BCUT2D eigenvalue weighted by Crippen LogP contribution is -2.44. The van der Waals surface area contributed by atoms with E-state index in [1.807, 2.05) is 59.5 Å². The summed E-state index contributed by atoms with van der Waals surface area (Å²) in [5.74, 6) is 0.878. The van der Waals surface area contributed by atoms with Crippen molar-refractivity contribution in [2.45, 2.75) is 51.0 Å². The Balaban J connectivity index is 1.19. The summed E-state index contributed by atoms with van der Waals surface area (Å²) in [6, 6.07) is 24.7. The Morgan fingerprint density at radius 1 is 0.917 bits per heavy atom. The number of carbonyl (C=O) groups excluding carboxylic acids is 3. The first kappa shape index (κ1) is 33.0. The van der Waals surface area contributed by atoms with Gasteiger partial charge >= 0.3 is 0 Å². The van der Waals surface area contributed by atoms with Gasteiger partial charge in [-0.05, 0) is 81.6 Å².